The number of hydrogen-bond acceptors (Lipinski definition) is 4. The van der Waals surface area contributed by atoms with Crippen molar-refractivity contribution in [3.8, 4) is 0 Å². The van der Waals surface area contributed by atoms with E-state index in [9.17, 15) is 9.59 Å². The van der Waals surface area contributed by atoms with E-state index in [4.69, 9.17) is 9.47 Å². The van der Waals surface area contributed by atoms with E-state index in [1.165, 1.54) is 70.6 Å². The van der Waals surface area contributed by atoms with Crippen LogP contribution in [0, 0.1) is 53.3 Å². The second-order valence-electron chi connectivity index (χ2n) is 17.8. The summed E-state index contributed by atoms with van der Waals surface area (Å²) in [4.78, 5) is 28.2. The van der Waals surface area contributed by atoms with Crippen molar-refractivity contribution >= 4 is 11.9 Å². The molecule has 7 atom stereocenters. The fraction of sp³-hybridized carbons (Fsp3) is 0.708. The summed E-state index contributed by atoms with van der Waals surface area (Å²) in [6.07, 6.45) is 19.0. The lowest BCUT2D eigenvalue weighted by atomic mass is 9.64. The van der Waals surface area contributed by atoms with E-state index in [1.807, 2.05) is 60.7 Å². The van der Waals surface area contributed by atoms with Crippen LogP contribution in [-0.2, 0) is 32.3 Å². The van der Waals surface area contributed by atoms with Gasteiger partial charge >= 0.3 is 11.9 Å². The lowest BCUT2D eigenvalue weighted by Crippen LogP contribution is -2.43. The molecule has 0 saturated heterocycles. The first-order valence-corrected chi connectivity index (χ1v) is 21.4. The van der Waals surface area contributed by atoms with Gasteiger partial charge < -0.3 is 9.47 Å². The van der Waals surface area contributed by atoms with Crippen molar-refractivity contribution in [3.63, 3.8) is 0 Å². The first-order valence-electron chi connectivity index (χ1n) is 21.4. The first kappa shape index (κ1) is 43.8. The number of rotatable bonds is 25. The van der Waals surface area contributed by atoms with Gasteiger partial charge in [-0.25, -0.2) is 0 Å². The Balaban J connectivity index is 1.71. The van der Waals surface area contributed by atoms with Crippen molar-refractivity contribution in [2.75, 3.05) is 0 Å². The Labute approximate surface area is 319 Å². The van der Waals surface area contributed by atoms with Gasteiger partial charge in [-0.3, -0.25) is 9.59 Å². The second kappa shape index (κ2) is 24.6. The molecule has 292 valence electrons. The van der Waals surface area contributed by atoms with Gasteiger partial charge in [0.1, 0.15) is 13.2 Å². The Hall–Kier alpha value is -2.62. The molecule has 0 spiro atoms. The van der Waals surface area contributed by atoms with E-state index < -0.39 is 11.8 Å². The quantitative estimate of drug-likeness (QED) is 0.0960. The Kier molecular flexibility index (Phi) is 20.8. The molecule has 2 aromatic rings. The van der Waals surface area contributed by atoms with Crippen LogP contribution in [0.2, 0.25) is 0 Å². The molecule has 0 N–H and O–H groups in total. The SMILES string of the molecule is CC(C)CCCC(C)CCCC(C)CCC1CC(CCCC(C)CCCC(C)C)CC(C(=O)OCc2ccccc2)C1C(=O)OCc1ccccc1. The van der Waals surface area contributed by atoms with Crippen LogP contribution in [0.25, 0.3) is 0 Å². The minimum Gasteiger partial charge on any atom is -0.461 e. The smallest absolute Gasteiger partial charge is 0.310 e. The van der Waals surface area contributed by atoms with Gasteiger partial charge in [0.2, 0.25) is 0 Å². The molecular weight excluding hydrogens is 641 g/mol. The van der Waals surface area contributed by atoms with E-state index >= 15 is 0 Å². The van der Waals surface area contributed by atoms with Crippen molar-refractivity contribution in [1.82, 2.24) is 0 Å². The zero-order valence-electron chi connectivity index (χ0n) is 34.3. The zero-order valence-corrected chi connectivity index (χ0v) is 34.3. The van der Waals surface area contributed by atoms with Gasteiger partial charge in [-0.2, -0.15) is 0 Å². The summed E-state index contributed by atoms with van der Waals surface area (Å²) in [5.74, 6) is 2.81. The van der Waals surface area contributed by atoms with Gasteiger partial charge in [0.15, 0.2) is 0 Å². The number of carbonyl (C=O) groups is 2. The van der Waals surface area contributed by atoms with Gasteiger partial charge in [-0.15, -0.1) is 0 Å². The van der Waals surface area contributed by atoms with Crippen LogP contribution in [-0.4, -0.2) is 11.9 Å². The lowest BCUT2D eigenvalue weighted by molar-refractivity contribution is -0.169. The van der Waals surface area contributed by atoms with Crippen LogP contribution < -0.4 is 0 Å². The number of carbonyl (C=O) groups excluding carboxylic acids is 2. The molecule has 1 saturated carbocycles. The van der Waals surface area contributed by atoms with Crippen molar-refractivity contribution in [1.29, 1.82) is 0 Å². The van der Waals surface area contributed by atoms with Crippen LogP contribution >= 0.6 is 0 Å². The molecule has 3 rings (SSSR count). The summed E-state index contributed by atoms with van der Waals surface area (Å²) >= 11 is 0. The minimum atomic E-state index is -0.471. The number of benzene rings is 2. The number of esters is 2. The van der Waals surface area contributed by atoms with Gasteiger partial charge in [-0.05, 0) is 71.8 Å². The Morgan fingerprint density at radius 3 is 1.48 bits per heavy atom. The van der Waals surface area contributed by atoms with E-state index in [1.54, 1.807) is 0 Å². The summed E-state index contributed by atoms with van der Waals surface area (Å²) in [6, 6.07) is 19.8. The molecule has 4 nitrogen and oxygen atoms in total. The predicted molar refractivity (Wildman–Crippen MR) is 217 cm³/mol. The van der Waals surface area contributed by atoms with Crippen LogP contribution in [0.1, 0.15) is 162 Å². The highest BCUT2D eigenvalue weighted by Crippen LogP contribution is 2.45. The molecule has 4 heteroatoms. The third-order valence-corrected chi connectivity index (χ3v) is 11.9. The molecule has 1 aliphatic carbocycles. The van der Waals surface area contributed by atoms with Gasteiger partial charge in [0, 0.05) is 0 Å². The fourth-order valence-electron chi connectivity index (χ4n) is 8.55. The summed E-state index contributed by atoms with van der Waals surface area (Å²) in [7, 11) is 0. The highest BCUT2D eigenvalue weighted by Gasteiger charge is 2.46. The summed E-state index contributed by atoms with van der Waals surface area (Å²) in [5.41, 5.74) is 1.94. The molecule has 0 radical (unpaired) electrons. The Morgan fingerprint density at radius 2 is 0.981 bits per heavy atom. The molecule has 0 aliphatic heterocycles. The number of ether oxygens (including phenoxy) is 2. The zero-order chi connectivity index (χ0) is 37.7. The maximum Gasteiger partial charge on any atom is 0.310 e. The standard InChI is InChI=1S/C48H76O4/c1-36(2)18-14-20-38(5)22-16-23-40(7)30-31-44-32-43(29-17-24-39(6)21-15-19-37(3)4)33-45(47(49)51-34-41-25-10-8-11-26-41)46(44)48(50)52-35-42-27-12-9-13-28-42/h8-13,25-28,36-40,43-46H,14-24,29-35H2,1-7H3. The van der Waals surface area contributed by atoms with Crippen molar-refractivity contribution in [2.24, 2.45) is 53.3 Å². The monoisotopic (exact) mass is 717 g/mol. The Bertz CT molecular complexity index is 1220. The second-order valence-corrected chi connectivity index (χ2v) is 17.8. The lowest BCUT2D eigenvalue weighted by Gasteiger charge is -2.40. The van der Waals surface area contributed by atoms with Crippen molar-refractivity contribution in [3.05, 3.63) is 71.8 Å². The maximum absolute atomic E-state index is 14.1. The Morgan fingerprint density at radius 1 is 0.538 bits per heavy atom. The van der Waals surface area contributed by atoms with Gasteiger partial charge in [0.25, 0.3) is 0 Å². The third-order valence-electron chi connectivity index (χ3n) is 11.9. The molecule has 1 aliphatic rings. The molecule has 0 aromatic heterocycles. The van der Waals surface area contributed by atoms with Crippen molar-refractivity contribution < 1.29 is 19.1 Å². The average Bonchev–Trinajstić information content (AvgIpc) is 3.12. The van der Waals surface area contributed by atoms with Crippen LogP contribution in [0.15, 0.2) is 60.7 Å². The fourth-order valence-corrected chi connectivity index (χ4v) is 8.55. The third kappa shape index (κ3) is 17.5. The van der Waals surface area contributed by atoms with Crippen LogP contribution in [0.4, 0.5) is 0 Å². The van der Waals surface area contributed by atoms with Crippen LogP contribution in [0.3, 0.4) is 0 Å². The number of hydrogen-bond donors (Lipinski definition) is 0. The highest BCUT2D eigenvalue weighted by molar-refractivity contribution is 5.82. The first-order chi connectivity index (χ1) is 25.0. The molecule has 0 heterocycles. The average molecular weight is 717 g/mol. The predicted octanol–water partition coefficient (Wildman–Crippen LogP) is 13.4. The minimum absolute atomic E-state index is 0.122. The largest absolute Gasteiger partial charge is 0.461 e. The molecule has 0 bridgehead atoms. The summed E-state index contributed by atoms with van der Waals surface area (Å²) in [6.45, 7) is 16.9. The topological polar surface area (TPSA) is 52.6 Å². The highest BCUT2D eigenvalue weighted by atomic mass is 16.5. The summed E-state index contributed by atoms with van der Waals surface area (Å²) < 4.78 is 12.1. The summed E-state index contributed by atoms with van der Waals surface area (Å²) in [5, 5.41) is 0. The maximum atomic E-state index is 14.1. The van der Waals surface area contributed by atoms with E-state index in [-0.39, 0.29) is 31.1 Å². The van der Waals surface area contributed by atoms with Crippen LogP contribution in [0.5, 0.6) is 0 Å². The molecule has 7 unspecified atom stereocenters. The molecule has 1 fully saturated rings. The van der Waals surface area contributed by atoms with E-state index in [2.05, 4.69) is 48.5 Å². The van der Waals surface area contributed by atoms with Crippen molar-refractivity contribution in [2.45, 2.75) is 164 Å². The molecule has 0 amide bonds. The van der Waals surface area contributed by atoms with E-state index in [0.717, 1.165) is 60.5 Å². The molecule has 52 heavy (non-hydrogen) atoms. The molecular formula is C48H76O4. The van der Waals surface area contributed by atoms with E-state index in [0.29, 0.717) is 18.3 Å². The van der Waals surface area contributed by atoms with Gasteiger partial charge in [-0.1, -0.05) is 193 Å². The molecule has 2 aromatic carbocycles. The van der Waals surface area contributed by atoms with Gasteiger partial charge in [0.05, 0.1) is 11.8 Å². The normalized spacial score (nSPS) is 20.8.